The first-order valence-corrected chi connectivity index (χ1v) is 12.5. The number of rotatable bonds is 14. The van der Waals surface area contributed by atoms with Crippen LogP contribution in [0, 0.1) is 17.8 Å². The topological polar surface area (TPSA) is 116 Å². The van der Waals surface area contributed by atoms with Gasteiger partial charge in [0.2, 0.25) is 21.8 Å². The van der Waals surface area contributed by atoms with Crippen LogP contribution in [0.25, 0.3) is 6.08 Å². The zero-order valence-electron chi connectivity index (χ0n) is 19.0. The minimum atomic E-state index is -3.70. The van der Waals surface area contributed by atoms with Gasteiger partial charge in [0.25, 0.3) is 0 Å². The zero-order chi connectivity index (χ0) is 24.1. The van der Waals surface area contributed by atoms with Gasteiger partial charge in [-0.05, 0) is 37.2 Å². The minimum absolute atomic E-state index is 0.0605. The summed E-state index contributed by atoms with van der Waals surface area (Å²) in [6, 6.07) is 9.48. The first-order valence-electron chi connectivity index (χ1n) is 10.6. The fourth-order valence-electron chi connectivity index (χ4n) is 3.30. The Kier molecular flexibility index (Phi) is 11.9. The summed E-state index contributed by atoms with van der Waals surface area (Å²) >= 11 is 0. The van der Waals surface area contributed by atoms with Crippen molar-refractivity contribution in [3.63, 3.8) is 0 Å². The summed E-state index contributed by atoms with van der Waals surface area (Å²) in [5, 5.41) is 9.27. The van der Waals surface area contributed by atoms with Gasteiger partial charge in [-0.1, -0.05) is 62.4 Å². The molecule has 0 saturated carbocycles. The van der Waals surface area contributed by atoms with Crippen molar-refractivity contribution in [3.05, 3.63) is 54.6 Å². The Labute approximate surface area is 191 Å². The van der Waals surface area contributed by atoms with Gasteiger partial charge < -0.3 is 0 Å². The van der Waals surface area contributed by atoms with Crippen LogP contribution in [0.4, 0.5) is 0 Å². The highest BCUT2D eigenvalue weighted by Crippen LogP contribution is 2.26. The Hall–Kier alpha value is -2.49. The Morgan fingerprint density at radius 2 is 1.81 bits per heavy atom. The van der Waals surface area contributed by atoms with E-state index in [4.69, 9.17) is 0 Å². The molecule has 0 radical (unpaired) electrons. The average Bonchev–Trinajstić information content (AvgIpc) is 2.74. The molecule has 178 valence electrons. The molecule has 0 unspecified atom stereocenters. The predicted molar refractivity (Wildman–Crippen MR) is 126 cm³/mol. The average molecular weight is 466 g/mol. The maximum Gasteiger partial charge on any atom is 0.247 e. The number of hydrazine groups is 1. The fourth-order valence-corrected chi connectivity index (χ4v) is 4.02. The maximum atomic E-state index is 13.1. The summed E-state index contributed by atoms with van der Waals surface area (Å²) in [5.41, 5.74) is 5.06. The van der Waals surface area contributed by atoms with Gasteiger partial charge in [-0.3, -0.25) is 20.2 Å². The molecule has 0 aromatic heterocycles. The van der Waals surface area contributed by atoms with E-state index in [2.05, 4.69) is 12.0 Å². The van der Waals surface area contributed by atoms with E-state index in [0.717, 1.165) is 16.2 Å². The SMILES string of the molecule is C=CCCCN(NC(=O)[C@H](CC(C)C)[C@H](CC=Cc1ccccc1)C(=O)NO)S(C)(=O)=O. The molecule has 0 saturated heterocycles. The van der Waals surface area contributed by atoms with Gasteiger partial charge in [-0.2, -0.15) is 0 Å². The summed E-state index contributed by atoms with van der Waals surface area (Å²) in [5.74, 6) is -2.93. The Bertz CT molecular complexity index is 869. The molecule has 2 atom stereocenters. The third-order valence-corrected chi connectivity index (χ3v) is 5.97. The van der Waals surface area contributed by atoms with Crippen molar-refractivity contribution in [2.45, 2.75) is 39.5 Å². The molecule has 0 bridgehead atoms. The van der Waals surface area contributed by atoms with Crippen LogP contribution in [0.15, 0.2) is 49.1 Å². The van der Waals surface area contributed by atoms with Crippen molar-refractivity contribution in [1.82, 2.24) is 15.3 Å². The van der Waals surface area contributed by atoms with E-state index in [-0.39, 0.29) is 18.9 Å². The number of allylic oxidation sites excluding steroid dienone is 2. The normalized spacial score (nSPS) is 13.8. The van der Waals surface area contributed by atoms with Crippen LogP contribution in [0.1, 0.15) is 45.1 Å². The number of hydroxylamine groups is 1. The van der Waals surface area contributed by atoms with Crippen LogP contribution < -0.4 is 10.9 Å². The lowest BCUT2D eigenvalue weighted by Crippen LogP contribution is -2.51. The number of amides is 2. The molecule has 8 nitrogen and oxygen atoms in total. The monoisotopic (exact) mass is 465 g/mol. The van der Waals surface area contributed by atoms with Crippen molar-refractivity contribution in [2.75, 3.05) is 12.8 Å². The van der Waals surface area contributed by atoms with Gasteiger partial charge in [0.15, 0.2) is 0 Å². The number of nitrogens with one attached hydrogen (secondary N) is 2. The van der Waals surface area contributed by atoms with Gasteiger partial charge in [-0.15, -0.1) is 11.0 Å². The molecule has 0 fully saturated rings. The Balaban J connectivity index is 3.11. The minimum Gasteiger partial charge on any atom is -0.289 e. The van der Waals surface area contributed by atoms with Crippen LogP contribution in [0.2, 0.25) is 0 Å². The molecule has 32 heavy (non-hydrogen) atoms. The lowest BCUT2D eigenvalue weighted by Gasteiger charge is -2.28. The van der Waals surface area contributed by atoms with Crippen LogP contribution in [-0.4, -0.2) is 42.7 Å². The molecule has 1 aromatic rings. The number of hydrogen-bond acceptors (Lipinski definition) is 5. The molecule has 1 aromatic carbocycles. The van der Waals surface area contributed by atoms with Crippen molar-refractivity contribution in [3.8, 4) is 0 Å². The zero-order valence-corrected chi connectivity index (χ0v) is 19.8. The quantitative estimate of drug-likeness (QED) is 0.169. The molecule has 3 N–H and O–H groups in total. The molecular weight excluding hydrogens is 430 g/mol. The fraction of sp³-hybridized carbons (Fsp3) is 0.478. The Morgan fingerprint density at radius 3 is 2.34 bits per heavy atom. The van der Waals surface area contributed by atoms with E-state index in [1.807, 2.05) is 50.3 Å². The highest BCUT2D eigenvalue weighted by molar-refractivity contribution is 7.88. The van der Waals surface area contributed by atoms with Gasteiger partial charge in [0, 0.05) is 6.54 Å². The molecule has 0 aliphatic rings. The molecule has 1 rings (SSSR count). The van der Waals surface area contributed by atoms with Crippen LogP contribution >= 0.6 is 0 Å². The molecular formula is C23H35N3O5S. The third kappa shape index (κ3) is 9.76. The molecule has 0 spiro atoms. The lowest BCUT2D eigenvalue weighted by atomic mass is 9.82. The van der Waals surface area contributed by atoms with Crippen LogP contribution in [0.3, 0.4) is 0 Å². The summed E-state index contributed by atoms with van der Waals surface area (Å²) in [6.45, 7) is 7.53. The Morgan fingerprint density at radius 1 is 1.16 bits per heavy atom. The third-order valence-electron chi connectivity index (χ3n) is 4.90. The maximum absolute atomic E-state index is 13.1. The molecule has 2 amide bonds. The van der Waals surface area contributed by atoms with E-state index in [0.29, 0.717) is 19.3 Å². The van der Waals surface area contributed by atoms with E-state index in [1.165, 1.54) is 0 Å². The van der Waals surface area contributed by atoms with Gasteiger partial charge >= 0.3 is 0 Å². The second-order valence-electron chi connectivity index (χ2n) is 8.11. The first kappa shape index (κ1) is 27.5. The number of carbonyl (C=O) groups excluding carboxylic acids is 2. The summed E-state index contributed by atoms with van der Waals surface area (Å²) in [7, 11) is -3.70. The molecule has 0 aliphatic carbocycles. The van der Waals surface area contributed by atoms with Gasteiger partial charge in [0.05, 0.1) is 18.1 Å². The summed E-state index contributed by atoms with van der Waals surface area (Å²) in [6.07, 6.45) is 7.91. The second kappa shape index (κ2) is 13.8. The highest BCUT2D eigenvalue weighted by Gasteiger charge is 2.35. The van der Waals surface area contributed by atoms with Crippen molar-refractivity contribution in [1.29, 1.82) is 0 Å². The standard InChI is InChI=1S/C23H35N3O5S/c1-5-6-10-16-26(32(4,30)31)24-22(27)21(17-18(2)3)20(23(28)25-29)15-11-14-19-12-8-7-9-13-19/h5,7-9,11-14,18,20-21,29H,1,6,10,15-17H2,2-4H3,(H,24,27)(H,25,28)/t20-,21+/m0/s1. The summed E-state index contributed by atoms with van der Waals surface area (Å²) < 4.78 is 25.2. The number of carbonyl (C=O) groups is 2. The molecule has 0 heterocycles. The van der Waals surface area contributed by atoms with Crippen LogP contribution in [0.5, 0.6) is 0 Å². The van der Waals surface area contributed by atoms with E-state index < -0.39 is 33.7 Å². The largest absolute Gasteiger partial charge is 0.289 e. The van der Waals surface area contributed by atoms with Crippen molar-refractivity contribution < 1.29 is 23.2 Å². The van der Waals surface area contributed by atoms with E-state index in [9.17, 15) is 23.2 Å². The summed E-state index contributed by atoms with van der Waals surface area (Å²) in [4.78, 5) is 25.6. The predicted octanol–water partition coefficient (Wildman–Crippen LogP) is 3.13. The number of benzene rings is 1. The van der Waals surface area contributed by atoms with Gasteiger partial charge in [0.1, 0.15) is 0 Å². The number of unbranched alkanes of at least 4 members (excludes halogenated alkanes) is 1. The van der Waals surface area contributed by atoms with Crippen molar-refractivity contribution in [2.24, 2.45) is 17.8 Å². The van der Waals surface area contributed by atoms with E-state index in [1.54, 1.807) is 17.6 Å². The van der Waals surface area contributed by atoms with E-state index >= 15 is 0 Å². The number of hydrogen-bond donors (Lipinski definition) is 3. The smallest absolute Gasteiger partial charge is 0.247 e. The molecule has 9 heteroatoms. The highest BCUT2D eigenvalue weighted by atomic mass is 32.2. The number of nitrogens with zero attached hydrogens (tertiary/aromatic N) is 1. The first-order chi connectivity index (χ1) is 15.1. The lowest BCUT2D eigenvalue weighted by molar-refractivity contribution is -0.141. The van der Waals surface area contributed by atoms with Gasteiger partial charge in [-0.25, -0.2) is 13.9 Å². The number of sulfonamides is 1. The molecule has 0 aliphatic heterocycles. The van der Waals surface area contributed by atoms with Crippen molar-refractivity contribution >= 4 is 27.9 Å². The second-order valence-corrected chi connectivity index (χ2v) is 10.0. The van der Waals surface area contributed by atoms with Crippen LogP contribution in [-0.2, 0) is 19.6 Å².